The Hall–Kier alpha value is -4.86. The Balaban J connectivity index is 1.27. The number of H-pyrrole nitrogens is 1. The van der Waals surface area contributed by atoms with Crippen molar-refractivity contribution in [3.63, 3.8) is 0 Å². The zero-order chi connectivity index (χ0) is 35.4. The van der Waals surface area contributed by atoms with Gasteiger partial charge in [0.1, 0.15) is 0 Å². The number of nitrogens with one attached hydrogen (secondary N) is 1. The number of aromatic nitrogens is 1. The van der Waals surface area contributed by atoms with Crippen molar-refractivity contribution >= 4 is 78.5 Å². The largest absolute Gasteiger partial charge is 0.353 e. The number of alkyl halides is 1. The molecule has 0 unspecified atom stereocenters. The molecule has 5 heteroatoms. The topological polar surface area (TPSA) is 40.5 Å². The number of hydrogen-bond donors (Lipinski definition) is 1. The van der Waals surface area contributed by atoms with Crippen LogP contribution in [0, 0.1) is 3.57 Å². The zero-order valence-corrected chi connectivity index (χ0v) is 32.9. The summed E-state index contributed by atoms with van der Waals surface area (Å²) >= 11 is 4.88. The fraction of sp³-hybridized carbons (Fsp3) is 0.0638. The number of benzene rings is 7. The predicted molar refractivity (Wildman–Crippen MR) is 238 cm³/mol. The molecule has 8 aromatic rings. The lowest BCUT2D eigenvalue weighted by Gasteiger charge is -2.14. The van der Waals surface area contributed by atoms with E-state index in [9.17, 15) is 0 Å². The van der Waals surface area contributed by atoms with Crippen LogP contribution in [0.5, 0.6) is 0 Å². The van der Waals surface area contributed by atoms with Gasteiger partial charge in [0.2, 0.25) is 0 Å². The van der Waals surface area contributed by atoms with Crippen LogP contribution in [0.4, 0.5) is 0 Å². The van der Waals surface area contributed by atoms with E-state index >= 15 is 0 Å². The van der Waals surface area contributed by atoms with Gasteiger partial charge in [0.25, 0.3) is 0 Å². The van der Waals surface area contributed by atoms with Crippen molar-refractivity contribution in [2.75, 3.05) is 4.43 Å². The van der Waals surface area contributed by atoms with Crippen LogP contribution in [0.25, 0.3) is 55.2 Å². The molecule has 3 nitrogen and oxygen atoms in total. The van der Waals surface area contributed by atoms with E-state index in [1.54, 1.807) is 0 Å². The van der Waals surface area contributed by atoms with Crippen molar-refractivity contribution in [2.45, 2.75) is 13.0 Å². The van der Waals surface area contributed by atoms with Crippen LogP contribution < -0.4 is 0 Å². The van der Waals surface area contributed by atoms with E-state index in [1.807, 2.05) is 24.3 Å². The monoisotopic (exact) mass is 895 g/mol. The average Bonchev–Trinajstić information content (AvgIpc) is 3.59. The minimum Gasteiger partial charge on any atom is -0.353 e. The highest BCUT2D eigenvalue weighted by Gasteiger charge is 2.17. The summed E-state index contributed by atoms with van der Waals surface area (Å²) < 4.78 is 1.98. The maximum absolute atomic E-state index is 5.29. The molecule has 1 heterocycles. The molecule has 0 aliphatic rings. The van der Waals surface area contributed by atoms with Gasteiger partial charge in [-0.05, 0) is 98.8 Å². The maximum Gasteiger partial charge on any atom is 0.155 e. The van der Waals surface area contributed by atoms with Crippen LogP contribution in [-0.4, -0.2) is 21.0 Å². The smallest absolute Gasteiger partial charge is 0.155 e. The summed E-state index contributed by atoms with van der Waals surface area (Å²) in [7, 11) is 0. The minimum atomic E-state index is -0.130. The quantitative estimate of drug-likeness (QED) is 0.0683. The van der Waals surface area contributed by atoms with Gasteiger partial charge in [0.05, 0.1) is 22.8 Å². The van der Waals surface area contributed by atoms with Crippen molar-refractivity contribution in [3.05, 3.63) is 190 Å². The Morgan fingerprint density at radius 3 is 1.71 bits per heavy atom. The number of hydrogen-bond acceptors (Lipinski definition) is 1. The van der Waals surface area contributed by atoms with Gasteiger partial charge < -0.3 is 4.98 Å². The first-order chi connectivity index (χ1) is 25.6. The SMILES string of the molecule is C[C@H](N=C(N=C(CI)c1ccccc1)c1ccccc1)c1cccc(-c2cc(-c3ccccc3)cc3c2[nH]c2c(I)cc(-c4ccccc4)cc23)c1. The molecule has 8 rings (SSSR count). The van der Waals surface area contributed by atoms with Crippen LogP contribution in [0.1, 0.15) is 29.7 Å². The van der Waals surface area contributed by atoms with Gasteiger partial charge in [-0.1, -0.05) is 162 Å². The predicted octanol–water partition coefficient (Wildman–Crippen LogP) is 13.4. The normalized spacial score (nSPS) is 12.8. The van der Waals surface area contributed by atoms with E-state index < -0.39 is 0 Å². The van der Waals surface area contributed by atoms with Gasteiger partial charge in [-0.3, -0.25) is 4.99 Å². The fourth-order valence-electron chi connectivity index (χ4n) is 6.79. The molecule has 1 N–H and O–H groups in total. The van der Waals surface area contributed by atoms with Crippen LogP contribution in [0.3, 0.4) is 0 Å². The number of nitrogens with zero attached hydrogens (tertiary/aromatic N) is 2. The van der Waals surface area contributed by atoms with E-state index in [0.29, 0.717) is 0 Å². The molecule has 252 valence electrons. The lowest BCUT2D eigenvalue weighted by atomic mass is 9.93. The number of amidine groups is 1. The van der Waals surface area contributed by atoms with Crippen LogP contribution in [0.15, 0.2) is 180 Å². The lowest BCUT2D eigenvalue weighted by Crippen LogP contribution is -2.09. The van der Waals surface area contributed by atoms with E-state index in [0.717, 1.165) is 49.3 Å². The highest BCUT2D eigenvalue weighted by molar-refractivity contribution is 14.1. The van der Waals surface area contributed by atoms with Crippen LogP contribution >= 0.6 is 45.2 Å². The Kier molecular flexibility index (Phi) is 10.1. The third-order valence-electron chi connectivity index (χ3n) is 9.49. The molecule has 52 heavy (non-hydrogen) atoms. The van der Waals surface area contributed by atoms with Gasteiger partial charge in [-0.15, -0.1) is 0 Å². The second kappa shape index (κ2) is 15.4. The average molecular weight is 896 g/mol. The standard InChI is InChI=1S/C47H35I2N3/c1-31(50-47(35-21-12-5-13-22-35)51-44(30-48)34-19-10-4-11-20-34)36-23-14-24-37(25-36)40-26-38(32-15-6-2-7-16-32)27-41-42-28-39(33-17-8-3-9-18-33)29-43(49)46(42)52-45(40)41/h2-29,31,52H,30H2,1H3/t31-/m0/s1. The van der Waals surface area contributed by atoms with Crippen molar-refractivity contribution in [3.8, 4) is 33.4 Å². The summed E-state index contributed by atoms with van der Waals surface area (Å²) in [6.07, 6.45) is 0. The van der Waals surface area contributed by atoms with Gasteiger partial charge in [-0.2, -0.15) is 0 Å². The van der Waals surface area contributed by atoms with Crippen LogP contribution in [0.2, 0.25) is 0 Å². The van der Waals surface area contributed by atoms with Gasteiger partial charge in [0, 0.05) is 29.9 Å². The Morgan fingerprint density at radius 2 is 1.10 bits per heavy atom. The molecule has 0 saturated heterocycles. The van der Waals surface area contributed by atoms with Gasteiger partial charge in [-0.25, -0.2) is 4.99 Å². The molecule has 0 bridgehead atoms. The minimum absolute atomic E-state index is 0.130. The summed E-state index contributed by atoms with van der Waals surface area (Å²) in [6.45, 7) is 2.16. The van der Waals surface area contributed by atoms with E-state index in [-0.39, 0.29) is 6.04 Å². The Morgan fingerprint density at radius 1 is 0.558 bits per heavy atom. The van der Waals surface area contributed by atoms with E-state index in [4.69, 9.17) is 9.98 Å². The van der Waals surface area contributed by atoms with Crippen molar-refractivity contribution < 1.29 is 0 Å². The Bertz CT molecular complexity index is 2560. The molecule has 0 radical (unpaired) electrons. The van der Waals surface area contributed by atoms with Crippen LogP contribution in [-0.2, 0) is 0 Å². The Labute approximate surface area is 331 Å². The summed E-state index contributed by atoms with van der Waals surface area (Å²) in [6, 6.07) is 60.0. The van der Waals surface area contributed by atoms with Crippen molar-refractivity contribution in [1.82, 2.24) is 4.98 Å². The molecule has 0 saturated carbocycles. The summed E-state index contributed by atoms with van der Waals surface area (Å²) in [4.78, 5) is 14.3. The highest BCUT2D eigenvalue weighted by atomic mass is 127. The second-order valence-corrected chi connectivity index (χ2v) is 14.8. The molecular weight excluding hydrogens is 860 g/mol. The molecule has 0 amide bonds. The van der Waals surface area contributed by atoms with Gasteiger partial charge in [0.15, 0.2) is 5.84 Å². The molecule has 7 aromatic carbocycles. The van der Waals surface area contributed by atoms with Gasteiger partial charge >= 0.3 is 0 Å². The van der Waals surface area contributed by atoms with E-state index in [1.165, 1.54) is 42.2 Å². The molecular formula is C47H35I2N3. The highest BCUT2D eigenvalue weighted by Crippen LogP contribution is 2.41. The van der Waals surface area contributed by atoms with Crippen molar-refractivity contribution in [1.29, 1.82) is 0 Å². The molecule has 0 spiro atoms. The third-order valence-corrected chi connectivity index (χ3v) is 11.1. The molecule has 1 atom stereocenters. The third kappa shape index (κ3) is 7.12. The lowest BCUT2D eigenvalue weighted by molar-refractivity contribution is 0.819. The van der Waals surface area contributed by atoms with E-state index in [2.05, 4.69) is 203 Å². The second-order valence-electron chi connectivity index (χ2n) is 12.9. The maximum atomic E-state index is 5.29. The first kappa shape index (κ1) is 34.2. The fourth-order valence-corrected chi connectivity index (χ4v) is 8.16. The summed E-state index contributed by atoms with van der Waals surface area (Å²) in [5.41, 5.74) is 13.7. The van der Waals surface area contributed by atoms with Crippen molar-refractivity contribution in [2.24, 2.45) is 9.98 Å². The number of rotatable bonds is 8. The summed E-state index contributed by atoms with van der Waals surface area (Å²) in [5, 5.41) is 2.44. The number of aromatic amines is 1. The number of fused-ring (bicyclic) bond motifs is 3. The molecule has 1 aromatic heterocycles. The molecule has 0 aliphatic carbocycles. The first-order valence-corrected chi connectivity index (χ1v) is 20.0. The summed E-state index contributed by atoms with van der Waals surface area (Å²) in [5.74, 6) is 0.738. The molecule has 0 fully saturated rings. The number of aliphatic imine (C=N–C) groups is 2. The first-order valence-electron chi connectivity index (χ1n) is 17.4. The number of halogens is 2. The molecule has 0 aliphatic heterocycles. The zero-order valence-electron chi connectivity index (χ0n) is 28.6.